The molecule has 5 heteroatoms. The molecule has 1 unspecified atom stereocenters. The van der Waals surface area contributed by atoms with Gasteiger partial charge in [-0.3, -0.25) is 5.84 Å². The van der Waals surface area contributed by atoms with E-state index in [1.54, 1.807) is 14.2 Å². The molecule has 0 bridgehead atoms. The van der Waals surface area contributed by atoms with Crippen LogP contribution >= 0.6 is 15.9 Å². The molecule has 1 atom stereocenters. The zero-order valence-corrected chi connectivity index (χ0v) is 13.9. The van der Waals surface area contributed by atoms with Crippen molar-refractivity contribution in [3.8, 4) is 11.5 Å². The Hall–Kier alpha value is -1.56. The second-order valence-corrected chi connectivity index (χ2v) is 5.52. The Morgan fingerprint density at radius 3 is 2.48 bits per heavy atom. The van der Waals surface area contributed by atoms with E-state index in [0.29, 0.717) is 0 Å². The summed E-state index contributed by atoms with van der Waals surface area (Å²) < 4.78 is 11.8. The van der Waals surface area contributed by atoms with E-state index in [2.05, 4.69) is 28.3 Å². The van der Waals surface area contributed by atoms with Crippen molar-refractivity contribution in [2.24, 2.45) is 5.84 Å². The number of methoxy groups -OCH3 is 2. The van der Waals surface area contributed by atoms with Crippen LogP contribution in [0, 0.1) is 6.92 Å². The van der Waals surface area contributed by atoms with Crippen LogP contribution in [0.15, 0.2) is 40.9 Å². The van der Waals surface area contributed by atoms with Crippen molar-refractivity contribution in [3.05, 3.63) is 57.6 Å². The average molecular weight is 351 g/mol. The van der Waals surface area contributed by atoms with E-state index in [0.717, 1.165) is 32.7 Å². The van der Waals surface area contributed by atoms with Crippen molar-refractivity contribution in [1.82, 2.24) is 5.43 Å². The second kappa shape index (κ2) is 6.93. The summed E-state index contributed by atoms with van der Waals surface area (Å²) in [5.41, 5.74) is 6.06. The molecule has 0 amide bonds. The highest BCUT2D eigenvalue weighted by molar-refractivity contribution is 9.10. The highest BCUT2D eigenvalue weighted by Gasteiger charge is 2.20. The Bertz CT molecular complexity index is 632. The Labute approximate surface area is 133 Å². The number of halogens is 1. The molecule has 3 N–H and O–H groups in total. The number of benzene rings is 2. The van der Waals surface area contributed by atoms with E-state index in [-0.39, 0.29) is 6.04 Å². The third-order valence-corrected chi connectivity index (χ3v) is 4.40. The van der Waals surface area contributed by atoms with Gasteiger partial charge in [0.05, 0.1) is 20.3 Å². The summed E-state index contributed by atoms with van der Waals surface area (Å²) in [6.45, 7) is 2.06. The Morgan fingerprint density at radius 1 is 1.10 bits per heavy atom. The number of nitrogens with one attached hydrogen (secondary N) is 1. The molecule has 2 aromatic rings. The summed E-state index contributed by atoms with van der Waals surface area (Å²) in [4.78, 5) is 0. The predicted molar refractivity (Wildman–Crippen MR) is 87.6 cm³/mol. The molecular formula is C16H19BrN2O2. The van der Waals surface area contributed by atoms with E-state index >= 15 is 0 Å². The molecule has 0 saturated heterocycles. The van der Waals surface area contributed by atoms with Gasteiger partial charge < -0.3 is 9.47 Å². The summed E-state index contributed by atoms with van der Waals surface area (Å²) in [6.07, 6.45) is 0. The van der Waals surface area contributed by atoms with Crippen LogP contribution in [-0.4, -0.2) is 14.2 Å². The molecule has 2 aromatic carbocycles. The number of nitrogens with two attached hydrogens (primary N) is 1. The van der Waals surface area contributed by atoms with Crippen LogP contribution in [-0.2, 0) is 0 Å². The van der Waals surface area contributed by atoms with Crippen molar-refractivity contribution in [3.63, 3.8) is 0 Å². The maximum atomic E-state index is 5.80. The number of hydrogen-bond donors (Lipinski definition) is 2. The molecule has 2 rings (SSSR count). The monoisotopic (exact) mass is 350 g/mol. The third kappa shape index (κ3) is 3.20. The largest absolute Gasteiger partial charge is 0.497 e. The number of hydrogen-bond acceptors (Lipinski definition) is 4. The van der Waals surface area contributed by atoms with Crippen LogP contribution in [0.3, 0.4) is 0 Å². The van der Waals surface area contributed by atoms with Crippen LogP contribution < -0.4 is 20.7 Å². The molecule has 0 aliphatic heterocycles. The highest BCUT2D eigenvalue weighted by Crippen LogP contribution is 2.35. The van der Waals surface area contributed by atoms with Crippen LogP contribution in [0.4, 0.5) is 0 Å². The summed E-state index contributed by atoms with van der Waals surface area (Å²) in [6, 6.07) is 11.6. The van der Waals surface area contributed by atoms with Crippen LogP contribution in [0.1, 0.15) is 22.7 Å². The van der Waals surface area contributed by atoms with Crippen molar-refractivity contribution in [1.29, 1.82) is 0 Å². The standard InChI is InChI=1S/C16H19BrN2O2/c1-10-12(5-4-6-14(10)17)16(19-18)13-8-7-11(20-2)9-15(13)21-3/h4-9,16,19H,18H2,1-3H3. The van der Waals surface area contributed by atoms with Gasteiger partial charge in [0.1, 0.15) is 11.5 Å². The topological polar surface area (TPSA) is 56.5 Å². The van der Waals surface area contributed by atoms with E-state index in [9.17, 15) is 0 Å². The minimum absolute atomic E-state index is 0.164. The molecule has 21 heavy (non-hydrogen) atoms. The first-order chi connectivity index (χ1) is 10.1. The molecule has 0 aliphatic rings. The molecule has 0 saturated carbocycles. The van der Waals surface area contributed by atoms with Gasteiger partial charge in [0.25, 0.3) is 0 Å². The molecule has 0 heterocycles. The Morgan fingerprint density at radius 2 is 1.86 bits per heavy atom. The van der Waals surface area contributed by atoms with E-state index < -0.39 is 0 Å². The summed E-state index contributed by atoms with van der Waals surface area (Å²) in [5, 5.41) is 0. The van der Waals surface area contributed by atoms with E-state index in [1.165, 1.54) is 0 Å². The zero-order chi connectivity index (χ0) is 15.4. The summed E-state index contributed by atoms with van der Waals surface area (Å²) in [5.74, 6) is 7.28. The van der Waals surface area contributed by atoms with Gasteiger partial charge in [-0.1, -0.05) is 28.1 Å². The predicted octanol–water partition coefficient (Wildman–Crippen LogP) is 3.33. The van der Waals surface area contributed by atoms with Gasteiger partial charge in [-0.2, -0.15) is 0 Å². The fraction of sp³-hybridized carbons (Fsp3) is 0.250. The minimum Gasteiger partial charge on any atom is -0.497 e. The lowest BCUT2D eigenvalue weighted by Crippen LogP contribution is -2.29. The third-order valence-electron chi connectivity index (χ3n) is 3.54. The van der Waals surface area contributed by atoms with Crippen molar-refractivity contribution >= 4 is 15.9 Å². The highest BCUT2D eigenvalue weighted by atomic mass is 79.9. The van der Waals surface area contributed by atoms with Gasteiger partial charge in [0.2, 0.25) is 0 Å². The number of ether oxygens (including phenoxy) is 2. The van der Waals surface area contributed by atoms with E-state index in [1.807, 2.05) is 36.4 Å². The fourth-order valence-electron chi connectivity index (χ4n) is 2.34. The van der Waals surface area contributed by atoms with Crippen LogP contribution in [0.2, 0.25) is 0 Å². The van der Waals surface area contributed by atoms with Gasteiger partial charge in [-0.15, -0.1) is 0 Å². The summed E-state index contributed by atoms with van der Waals surface area (Å²) >= 11 is 3.55. The SMILES string of the molecule is COc1ccc(C(NN)c2cccc(Br)c2C)c(OC)c1. The van der Waals surface area contributed by atoms with Gasteiger partial charge in [-0.25, -0.2) is 5.43 Å². The molecule has 0 fully saturated rings. The maximum Gasteiger partial charge on any atom is 0.127 e. The number of hydrazine groups is 1. The van der Waals surface area contributed by atoms with Gasteiger partial charge in [-0.05, 0) is 36.2 Å². The van der Waals surface area contributed by atoms with Gasteiger partial charge in [0, 0.05) is 16.1 Å². The quantitative estimate of drug-likeness (QED) is 0.641. The first kappa shape index (κ1) is 15.8. The van der Waals surface area contributed by atoms with Crippen molar-refractivity contribution < 1.29 is 9.47 Å². The smallest absolute Gasteiger partial charge is 0.127 e. The molecule has 0 radical (unpaired) electrons. The lowest BCUT2D eigenvalue weighted by atomic mass is 9.95. The average Bonchev–Trinajstić information content (AvgIpc) is 2.52. The maximum absolute atomic E-state index is 5.80. The summed E-state index contributed by atoms with van der Waals surface area (Å²) in [7, 11) is 3.27. The van der Waals surface area contributed by atoms with Crippen molar-refractivity contribution in [2.75, 3.05) is 14.2 Å². The van der Waals surface area contributed by atoms with Gasteiger partial charge in [0.15, 0.2) is 0 Å². The Balaban J connectivity index is 2.53. The van der Waals surface area contributed by atoms with E-state index in [4.69, 9.17) is 15.3 Å². The van der Waals surface area contributed by atoms with Crippen molar-refractivity contribution in [2.45, 2.75) is 13.0 Å². The molecule has 0 spiro atoms. The van der Waals surface area contributed by atoms with Crippen LogP contribution in [0.5, 0.6) is 11.5 Å². The molecule has 0 aromatic heterocycles. The molecule has 4 nitrogen and oxygen atoms in total. The molecular weight excluding hydrogens is 332 g/mol. The molecule has 0 aliphatic carbocycles. The molecule has 112 valence electrons. The first-order valence-electron chi connectivity index (χ1n) is 6.55. The number of rotatable bonds is 5. The van der Waals surface area contributed by atoms with Gasteiger partial charge >= 0.3 is 0 Å². The lowest BCUT2D eigenvalue weighted by Gasteiger charge is -2.22. The minimum atomic E-state index is -0.164. The fourth-order valence-corrected chi connectivity index (χ4v) is 2.72. The van der Waals surface area contributed by atoms with Crippen LogP contribution in [0.25, 0.3) is 0 Å². The first-order valence-corrected chi connectivity index (χ1v) is 7.34. The Kier molecular flexibility index (Phi) is 5.22. The lowest BCUT2D eigenvalue weighted by molar-refractivity contribution is 0.387. The second-order valence-electron chi connectivity index (χ2n) is 4.66. The zero-order valence-electron chi connectivity index (χ0n) is 12.3. The normalized spacial score (nSPS) is 12.0.